The van der Waals surface area contributed by atoms with Gasteiger partial charge in [-0.1, -0.05) is 324 Å². The molecule has 0 rings (SSSR count). The fourth-order valence-electron chi connectivity index (χ4n) is 11.1. The first-order chi connectivity index (χ1) is 44.4. The Morgan fingerprint density at radius 2 is 0.554 bits per heavy atom. The molecular weight excluding hydrogens is 1210 g/mol. The molecule has 17 nitrogen and oxygen atoms in total. The Morgan fingerprint density at radius 1 is 0.315 bits per heavy atom. The average molecular weight is 1350 g/mol. The minimum absolute atomic E-state index is 0.107. The Labute approximate surface area is 562 Å². The lowest BCUT2D eigenvalue weighted by Crippen LogP contribution is -2.30. The minimum Gasteiger partial charge on any atom is -0.462 e. The second-order valence-electron chi connectivity index (χ2n) is 27.1. The third kappa shape index (κ3) is 65.4. The van der Waals surface area contributed by atoms with E-state index >= 15 is 0 Å². The van der Waals surface area contributed by atoms with E-state index in [1.165, 1.54) is 193 Å². The van der Waals surface area contributed by atoms with E-state index in [2.05, 4.69) is 41.5 Å². The number of esters is 4. The third-order valence-electron chi connectivity index (χ3n) is 17.3. The van der Waals surface area contributed by atoms with Crippen molar-refractivity contribution in [3.63, 3.8) is 0 Å². The van der Waals surface area contributed by atoms with Crippen molar-refractivity contribution in [1.29, 1.82) is 0 Å². The van der Waals surface area contributed by atoms with Gasteiger partial charge in [0.25, 0.3) is 0 Å². The van der Waals surface area contributed by atoms with Crippen molar-refractivity contribution in [3.05, 3.63) is 0 Å². The van der Waals surface area contributed by atoms with Crippen molar-refractivity contribution in [2.45, 2.75) is 394 Å². The zero-order valence-electron chi connectivity index (χ0n) is 59.9. The van der Waals surface area contributed by atoms with Crippen LogP contribution < -0.4 is 0 Å². The smallest absolute Gasteiger partial charge is 0.462 e. The summed E-state index contributed by atoms with van der Waals surface area (Å²) < 4.78 is 68.4. The Hall–Kier alpha value is -1.94. The Balaban J connectivity index is 5.24. The second-order valence-corrected chi connectivity index (χ2v) is 30.0. The van der Waals surface area contributed by atoms with E-state index in [-0.39, 0.29) is 25.7 Å². The topological polar surface area (TPSA) is 237 Å². The zero-order chi connectivity index (χ0) is 67.9. The van der Waals surface area contributed by atoms with Gasteiger partial charge in [0.2, 0.25) is 0 Å². The number of unbranched alkanes of at least 4 members (excludes halogenated alkanes) is 41. The first kappa shape index (κ1) is 90.1. The van der Waals surface area contributed by atoms with Gasteiger partial charge in [0.15, 0.2) is 12.2 Å². The molecule has 546 valence electrons. The van der Waals surface area contributed by atoms with E-state index in [0.29, 0.717) is 25.7 Å². The maximum atomic E-state index is 13.1. The lowest BCUT2D eigenvalue weighted by Gasteiger charge is -2.21. The van der Waals surface area contributed by atoms with Gasteiger partial charge in [-0.15, -0.1) is 0 Å². The van der Waals surface area contributed by atoms with Crippen LogP contribution in [0.25, 0.3) is 0 Å². The molecule has 0 saturated carbocycles. The predicted octanol–water partition coefficient (Wildman–Crippen LogP) is 21.2. The highest BCUT2D eigenvalue weighted by atomic mass is 31.2. The van der Waals surface area contributed by atoms with Gasteiger partial charge < -0.3 is 33.8 Å². The van der Waals surface area contributed by atoms with Crippen molar-refractivity contribution in [2.75, 3.05) is 39.6 Å². The van der Waals surface area contributed by atoms with E-state index in [0.717, 1.165) is 102 Å². The van der Waals surface area contributed by atoms with Crippen LogP contribution in [0.15, 0.2) is 0 Å². The first-order valence-electron chi connectivity index (χ1n) is 38.0. The number of aliphatic hydroxyl groups is 1. The standard InChI is InChI=1S/C73H142O17P2/c1-7-10-12-14-16-18-19-25-33-39-45-51-57-72(77)89-68(61-83-70(75)55-49-43-37-29-17-15-13-11-8-2)63-87-91(79,80)85-59-67(74)60-86-92(81,82)88-64-69(62-84-71(76)56-50-44-38-32-28-27-31-36-42-48-54-66(6)9-3)90-73(78)58-52-46-40-34-26-23-21-20-22-24-30-35-41-47-53-65(4)5/h65-69,74H,7-64H2,1-6H3,(H,79,80)(H,81,82)/t66?,67-,68+,69+/m0/s1. The number of carbonyl (C=O) groups excluding carboxylic acids is 4. The van der Waals surface area contributed by atoms with Gasteiger partial charge in [0, 0.05) is 25.7 Å². The maximum Gasteiger partial charge on any atom is 0.472 e. The minimum atomic E-state index is -4.95. The molecule has 92 heavy (non-hydrogen) atoms. The number of phosphoric ester groups is 2. The lowest BCUT2D eigenvalue weighted by molar-refractivity contribution is -0.161. The summed E-state index contributed by atoms with van der Waals surface area (Å²) >= 11 is 0. The molecule has 0 saturated heterocycles. The largest absolute Gasteiger partial charge is 0.472 e. The molecule has 0 aliphatic heterocycles. The van der Waals surface area contributed by atoms with E-state index in [1.54, 1.807) is 0 Å². The van der Waals surface area contributed by atoms with Gasteiger partial charge in [-0.2, -0.15) is 0 Å². The molecule has 3 unspecified atom stereocenters. The van der Waals surface area contributed by atoms with Gasteiger partial charge in [-0.25, -0.2) is 9.13 Å². The van der Waals surface area contributed by atoms with E-state index < -0.39 is 97.5 Å². The van der Waals surface area contributed by atoms with Gasteiger partial charge in [-0.05, 0) is 37.5 Å². The number of aliphatic hydroxyl groups excluding tert-OH is 1. The highest BCUT2D eigenvalue weighted by Gasteiger charge is 2.30. The van der Waals surface area contributed by atoms with Gasteiger partial charge in [0.05, 0.1) is 26.4 Å². The van der Waals surface area contributed by atoms with E-state index in [9.17, 15) is 43.2 Å². The van der Waals surface area contributed by atoms with Crippen LogP contribution in [0.5, 0.6) is 0 Å². The number of phosphoric acid groups is 2. The highest BCUT2D eigenvalue weighted by molar-refractivity contribution is 7.47. The third-order valence-corrected chi connectivity index (χ3v) is 19.2. The van der Waals surface area contributed by atoms with Crippen molar-refractivity contribution in [3.8, 4) is 0 Å². The van der Waals surface area contributed by atoms with Crippen LogP contribution in [0.2, 0.25) is 0 Å². The molecule has 0 aromatic rings. The van der Waals surface area contributed by atoms with Crippen molar-refractivity contribution >= 4 is 39.5 Å². The van der Waals surface area contributed by atoms with Crippen LogP contribution in [-0.2, 0) is 65.4 Å². The van der Waals surface area contributed by atoms with Crippen LogP contribution in [0, 0.1) is 11.8 Å². The Bertz CT molecular complexity index is 1790. The molecule has 3 N–H and O–H groups in total. The molecule has 0 aliphatic carbocycles. The van der Waals surface area contributed by atoms with Crippen LogP contribution in [0.4, 0.5) is 0 Å². The molecule has 0 amide bonds. The van der Waals surface area contributed by atoms with Crippen LogP contribution in [0.1, 0.15) is 375 Å². The summed E-state index contributed by atoms with van der Waals surface area (Å²) in [5.74, 6) is -0.515. The number of rotatable bonds is 72. The molecule has 0 bridgehead atoms. The second kappa shape index (κ2) is 65.0. The summed E-state index contributed by atoms with van der Waals surface area (Å²) in [7, 11) is -9.90. The first-order valence-corrected chi connectivity index (χ1v) is 41.0. The number of hydrogen-bond acceptors (Lipinski definition) is 15. The van der Waals surface area contributed by atoms with Crippen LogP contribution in [0.3, 0.4) is 0 Å². The normalized spacial score (nSPS) is 14.4. The summed E-state index contributed by atoms with van der Waals surface area (Å²) in [4.78, 5) is 72.6. The van der Waals surface area contributed by atoms with Crippen molar-refractivity contribution < 1.29 is 80.2 Å². The molecular formula is C73H142O17P2. The lowest BCUT2D eigenvalue weighted by atomic mass is 9.99. The molecule has 0 spiro atoms. The quantitative estimate of drug-likeness (QED) is 0.0222. The predicted molar refractivity (Wildman–Crippen MR) is 372 cm³/mol. The van der Waals surface area contributed by atoms with Gasteiger partial charge in [-0.3, -0.25) is 37.3 Å². The fraction of sp³-hybridized carbons (Fsp3) is 0.945. The Morgan fingerprint density at radius 3 is 0.826 bits per heavy atom. The molecule has 6 atom stereocenters. The van der Waals surface area contributed by atoms with Crippen molar-refractivity contribution in [1.82, 2.24) is 0 Å². The molecule has 0 aliphatic rings. The summed E-state index contributed by atoms with van der Waals surface area (Å²) in [6, 6.07) is 0. The van der Waals surface area contributed by atoms with E-state index in [1.807, 2.05) is 0 Å². The summed E-state index contributed by atoms with van der Waals surface area (Å²) in [6.07, 6.45) is 51.1. The number of ether oxygens (including phenoxy) is 4. The zero-order valence-corrected chi connectivity index (χ0v) is 61.6. The van der Waals surface area contributed by atoms with Crippen molar-refractivity contribution in [2.24, 2.45) is 11.8 Å². The molecule has 0 aromatic carbocycles. The average Bonchev–Trinajstić information content (AvgIpc) is 2.20. The summed E-state index contributed by atoms with van der Waals surface area (Å²) in [5.41, 5.74) is 0. The molecule has 19 heteroatoms. The monoisotopic (exact) mass is 1350 g/mol. The fourth-order valence-corrected chi connectivity index (χ4v) is 12.7. The Kier molecular flexibility index (Phi) is 63.7. The molecule has 0 aromatic heterocycles. The van der Waals surface area contributed by atoms with Crippen LogP contribution >= 0.6 is 15.6 Å². The molecule has 0 fully saturated rings. The number of carbonyl (C=O) groups is 4. The summed E-state index contributed by atoms with van der Waals surface area (Å²) in [5, 5.41) is 10.6. The number of hydrogen-bond donors (Lipinski definition) is 3. The molecule has 0 radical (unpaired) electrons. The maximum absolute atomic E-state index is 13.1. The van der Waals surface area contributed by atoms with E-state index in [4.69, 9.17) is 37.0 Å². The van der Waals surface area contributed by atoms with Gasteiger partial charge >= 0.3 is 39.5 Å². The SMILES string of the molecule is CCCCCCCCCCCCCCC(=O)O[C@H](COC(=O)CCCCCCCCCCC)COP(=O)(O)OC[C@H](O)COP(=O)(O)OC[C@@H](COC(=O)CCCCCCCCCCCCC(C)CC)OC(=O)CCCCCCCCCCCCCCCCC(C)C. The summed E-state index contributed by atoms with van der Waals surface area (Å²) in [6.45, 7) is 9.61. The molecule has 0 heterocycles. The van der Waals surface area contributed by atoms with Gasteiger partial charge in [0.1, 0.15) is 19.3 Å². The van der Waals surface area contributed by atoms with Crippen LogP contribution in [-0.4, -0.2) is 96.7 Å². The highest BCUT2D eigenvalue weighted by Crippen LogP contribution is 2.45.